The van der Waals surface area contributed by atoms with Gasteiger partial charge in [0.15, 0.2) is 5.82 Å². The van der Waals surface area contributed by atoms with Crippen molar-refractivity contribution in [3.8, 4) is 0 Å². The van der Waals surface area contributed by atoms with Crippen LogP contribution < -0.4 is 10.2 Å². The number of piperidine rings is 1. The van der Waals surface area contributed by atoms with E-state index in [0.717, 1.165) is 17.7 Å². The fraction of sp³-hybridized carbons (Fsp3) is 0.429. The van der Waals surface area contributed by atoms with Crippen LogP contribution in [0.2, 0.25) is 0 Å². The third-order valence-corrected chi connectivity index (χ3v) is 5.63. The third kappa shape index (κ3) is 3.87. The van der Waals surface area contributed by atoms with Crippen LogP contribution in [0.1, 0.15) is 41.4 Å². The number of hydrogen-bond donors (Lipinski definition) is 1. The molecule has 1 saturated heterocycles. The molecule has 2 aromatic rings. The van der Waals surface area contributed by atoms with Gasteiger partial charge >= 0.3 is 0 Å². The van der Waals surface area contributed by atoms with Crippen molar-refractivity contribution in [1.29, 1.82) is 0 Å². The maximum Gasteiger partial charge on any atom is 0.253 e. The van der Waals surface area contributed by atoms with Gasteiger partial charge < -0.3 is 19.6 Å². The molecule has 2 aliphatic rings. The average Bonchev–Trinajstić information content (AvgIpc) is 3.32. The number of nitrogens with one attached hydrogen (secondary N) is 1. The Bertz CT molecular complexity index is 959. The zero-order valence-electron chi connectivity index (χ0n) is 16.6. The van der Waals surface area contributed by atoms with Crippen molar-refractivity contribution in [1.82, 2.24) is 10.1 Å². The van der Waals surface area contributed by atoms with Gasteiger partial charge in [-0.2, -0.15) is 0 Å². The summed E-state index contributed by atoms with van der Waals surface area (Å²) in [6.45, 7) is 5.05. The number of carbonyl (C=O) groups excluding carboxylic acids is 3. The molecule has 0 spiro atoms. The summed E-state index contributed by atoms with van der Waals surface area (Å²) in [5.41, 5.74) is 2.56. The minimum Gasteiger partial charge on any atom is -0.360 e. The van der Waals surface area contributed by atoms with Crippen LogP contribution in [0.5, 0.6) is 0 Å². The number of fused-ring (bicyclic) bond motifs is 1. The summed E-state index contributed by atoms with van der Waals surface area (Å²) in [4.78, 5) is 40.5. The van der Waals surface area contributed by atoms with E-state index in [-0.39, 0.29) is 23.6 Å². The van der Waals surface area contributed by atoms with E-state index in [9.17, 15) is 14.4 Å². The number of benzene rings is 1. The van der Waals surface area contributed by atoms with Gasteiger partial charge in [0.05, 0.1) is 0 Å². The molecule has 0 bridgehead atoms. The zero-order chi connectivity index (χ0) is 20.5. The topological polar surface area (TPSA) is 95.8 Å². The predicted molar refractivity (Wildman–Crippen MR) is 107 cm³/mol. The Morgan fingerprint density at radius 2 is 1.90 bits per heavy atom. The first-order chi connectivity index (χ1) is 13.9. The molecular formula is C21H24N4O4. The highest BCUT2D eigenvalue weighted by atomic mass is 16.5. The first-order valence-corrected chi connectivity index (χ1v) is 9.87. The minimum absolute atomic E-state index is 0.0176. The number of hydrogen-bond acceptors (Lipinski definition) is 5. The second kappa shape index (κ2) is 7.69. The number of amides is 3. The summed E-state index contributed by atoms with van der Waals surface area (Å²) in [6.07, 6.45) is 1.98. The normalized spacial score (nSPS) is 16.6. The Balaban J connectivity index is 1.36. The highest BCUT2D eigenvalue weighted by Crippen LogP contribution is 2.30. The predicted octanol–water partition coefficient (Wildman–Crippen LogP) is 2.38. The van der Waals surface area contributed by atoms with Crippen molar-refractivity contribution in [2.75, 3.05) is 29.9 Å². The van der Waals surface area contributed by atoms with Gasteiger partial charge in [0.1, 0.15) is 5.76 Å². The quantitative estimate of drug-likeness (QED) is 0.859. The molecular weight excluding hydrogens is 372 g/mol. The number of anilines is 2. The van der Waals surface area contributed by atoms with Crippen LogP contribution in [-0.4, -0.2) is 47.4 Å². The minimum atomic E-state index is -0.153. The van der Waals surface area contributed by atoms with E-state index in [2.05, 4.69) is 10.5 Å². The van der Waals surface area contributed by atoms with Gasteiger partial charge in [-0.15, -0.1) is 0 Å². The van der Waals surface area contributed by atoms with Crippen LogP contribution in [0.25, 0.3) is 0 Å². The number of aryl methyl sites for hydroxylation is 1. The van der Waals surface area contributed by atoms with Crippen molar-refractivity contribution >= 4 is 29.2 Å². The lowest BCUT2D eigenvalue weighted by atomic mass is 9.95. The Hall–Kier alpha value is -3.16. The molecule has 0 saturated carbocycles. The summed E-state index contributed by atoms with van der Waals surface area (Å²) in [6, 6.07) is 7.22. The molecule has 0 aliphatic carbocycles. The fourth-order valence-corrected chi connectivity index (χ4v) is 4.04. The Labute approximate surface area is 168 Å². The van der Waals surface area contributed by atoms with Gasteiger partial charge in [0.25, 0.3) is 5.91 Å². The number of rotatable bonds is 3. The molecule has 8 heteroatoms. The SMILES string of the molecule is CC(=O)N1CCc2cc(C(=O)N3CCC(C(=O)Nc4cc(C)on4)CC3)ccc21. The van der Waals surface area contributed by atoms with Crippen molar-refractivity contribution in [3.05, 3.63) is 41.2 Å². The monoisotopic (exact) mass is 396 g/mol. The van der Waals surface area contributed by atoms with E-state index in [0.29, 0.717) is 49.6 Å². The maximum absolute atomic E-state index is 12.9. The first kappa shape index (κ1) is 19.2. The van der Waals surface area contributed by atoms with E-state index in [1.165, 1.54) is 0 Å². The van der Waals surface area contributed by atoms with Gasteiger partial charge in [0.2, 0.25) is 11.8 Å². The van der Waals surface area contributed by atoms with Crippen LogP contribution in [0.4, 0.5) is 11.5 Å². The zero-order valence-corrected chi connectivity index (χ0v) is 16.6. The largest absolute Gasteiger partial charge is 0.360 e. The van der Waals surface area contributed by atoms with E-state index < -0.39 is 0 Å². The average molecular weight is 396 g/mol. The molecule has 3 heterocycles. The summed E-state index contributed by atoms with van der Waals surface area (Å²) in [5.74, 6) is 0.807. The smallest absolute Gasteiger partial charge is 0.253 e. The van der Waals surface area contributed by atoms with Crippen LogP contribution in [0.3, 0.4) is 0 Å². The van der Waals surface area contributed by atoms with Crippen molar-refractivity contribution < 1.29 is 18.9 Å². The second-order valence-corrected chi connectivity index (χ2v) is 7.64. The van der Waals surface area contributed by atoms with Gasteiger partial charge in [-0.25, -0.2) is 0 Å². The first-order valence-electron chi connectivity index (χ1n) is 9.87. The number of likely N-dealkylation sites (tertiary alicyclic amines) is 1. The molecule has 1 N–H and O–H groups in total. The van der Waals surface area contributed by atoms with Crippen LogP contribution in [-0.2, 0) is 16.0 Å². The van der Waals surface area contributed by atoms with E-state index in [1.54, 1.807) is 35.8 Å². The maximum atomic E-state index is 12.9. The summed E-state index contributed by atoms with van der Waals surface area (Å²) < 4.78 is 4.96. The van der Waals surface area contributed by atoms with Crippen molar-refractivity contribution in [2.45, 2.75) is 33.1 Å². The standard InChI is InChI=1S/C21H24N4O4/c1-13-11-19(23-29-13)22-20(27)15-5-8-24(9-6-15)21(28)17-3-4-18-16(12-17)7-10-25(18)14(2)26/h3-4,11-12,15H,5-10H2,1-2H3,(H,22,23,27). The molecule has 0 unspecified atom stereocenters. The fourth-order valence-electron chi connectivity index (χ4n) is 4.04. The molecule has 0 radical (unpaired) electrons. The molecule has 152 valence electrons. The molecule has 2 aliphatic heterocycles. The molecule has 8 nitrogen and oxygen atoms in total. The second-order valence-electron chi connectivity index (χ2n) is 7.64. The number of carbonyl (C=O) groups is 3. The number of nitrogens with zero attached hydrogens (tertiary/aromatic N) is 3. The molecule has 0 atom stereocenters. The Kier molecular flexibility index (Phi) is 5.08. The highest BCUT2D eigenvalue weighted by molar-refractivity contribution is 5.98. The van der Waals surface area contributed by atoms with Gasteiger partial charge in [-0.3, -0.25) is 14.4 Å². The van der Waals surface area contributed by atoms with E-state index in [1.807, 2.05) is 12.1 Å². The van der Waals surface area contributed by atoms with Gasteiger partial charge in [-0.1, -0.05) is 5.16 Å². The summed E-state index contributed by atoms with van der Waals surface area (Å²) in [7, 11) is 0. The lowest BCUT2D eigenvalue weighted by Gasteiger charge is -2.31. The van der Waals surface area contributed by atoms with Gasteiger partial charge in [-0.05, 0) is 49.9 Å². The molecule has 4 rings (SSSR count). The summed E-state index contributed by atoms with van der Waals surface area (Å²) in [5, 5.41) is 6.55. The number of aromatic nitrogens is 1. The third-order valence-electron chi connectivity index (χ3n) is 5.63. The molecule has 29 heavy (non-hydrogen) atoms. The van der Waals surface area contributed by atoms with E-state index >= 15 is 0 Å². The van der Waals surface area contributed by atoms with Gasteiger partial charge in [0, 0.05) is 49.8 Å². The lowest BCUT2D eigenvalue weighted by Crippen LogP contribution is -2.41. The van der Waals surface area contributed by atoms with Crippen LogP contribution >= 0.6 is 0 Å². The summed E-state index contributed by atoms with van der Waals surface area (Å²) >= 11 is 0. The Morgan fingerprint density at radius 1 is 1.14 bits per heavy atom. The van der Waals surface area contributed by atoms with E-state index in [4.69, 9.17) is 4.52 Å². The highest BCUT2D eigenvalue weighted by Gasteiger charge is 2.29. The van der Waals surface area contributed by atoms with Crippen LogP contribution in [0.15, 0.2) is 28.8 Å². The van der Waals surface area contributed by atoms with Crippen LogP contribution in [0, 0.1) is 12.8 Å². The molecule has 1 aromatic heterocycles. The molecule has 3 amide bonds. The lowest BCUT2D eigenvalue weighted by molar-refractivity contribution is -0.121. The Morgan fingerprint density at radius 3 is 2.55 bits per heavy atom. The molecule has 1 aromatic carbocycles. The van der Waals surface area contributed by atoms with Crippen molar-refractivity contribution in [2.24, 2.45) is 5.92 Å². The van der Waals surface area contributed by atoms with Crippen molar-refractivity contribution in [3.63, 3.8) is 0 Å². The molecule has 1 fully saturated rings.